The number of anilines is 2. The summed E-state index contributed by atoms with van der Waals surface area (Å²) in [5, 5.41) is 3.02. The first kappa shape index (κ1) is 17.5. The SMILES string of the molecule is CCn1ccnc1N1CCN(CC(=O)Nc2cc(C)cc(C)c2)CC1. The molecular formula is C19H27N5O. The molecule has 1 amide bonds. The molecule has 3 rings (SSSR count). The standard InChI is InChI=1S/C19H27N5O/c1-4-23-6-5-20-19(23)24-9-7-22(8-10-24)14-18(25)21-17-12-15(2)11-16(3)13-17/h5-6,11-13H,4,7-10,14H2,1-3H3,(H,21,25). The smallest absolute Gasteiger partial charge is 0.238 e. The summed E-state index contributed by atoms with van der Waals surface area (Å²) in [6.45, 7) is 11.1. The average Bonchev–Trinajstić information content (AvgIpc) is 3.03. The Morgan fingerprint density at radius 1 is 1.12 bits per heavy atom. The zero-order valence-corrected chi connectivity index (χ0v) is 15.3. The second kappa shape index (κ2) is 7.70. The monoisotopic (exact) mass is 341 g/mol. The van der Waals surface area contributed by atoms with Crippen LogP contribution in [0.5, 0.6) is 0 Å². The number of piperazine rings is 1. The number of hydrogen-bond acceptors (Lipinski definition) is 4. The maximum atomic E-state index is 12.3. The average molecular weight is 341 g/mol. The minimum absolute atomic E-state index is 0.0495. The van der Waals surface area contributed by atoms with Gasteiger partial charge < -0.3 is 14.8 Å². The lowest BCUT2D eigenvalue weighted by atomic mass is 10.1. The Bertz CT molecular complexity index is 711. The van der Waals surface area contributed by atoms with Crippen LogP contribution in [-0.4, -0.2) is 53.1 Å². The highest BCUT2D eigenvalue weighted by Gasteiger charge is 2.21. The predicted octanol–water partition coefficient (Wildman–Crippen LogP) is 2.28. The number of benzene rings is 1. The van der Waals surface area contributed by atoms with E-state index in [1.807, 2.05) is 38.4 Å². The molecule has 0 aliphatic carbocycles. The Kier molecular flexibility index (Phi) is 5.38. The van der Waals surface area contributed by atoms with Gasteiger partial charge in [-0.1, -0.05) is 6.07 Å². The van der Waals surface area contributed by atoms with Gasteiger partial charge in [-0.2, -0.15) is 0 Å². The number of nitrogens with one attached hydrogen (secondary N) is 1. The topological polar surface area (TPSA) is 53.4 Å². The molecule has 6 heteroatoms. The van der Waals surface area contributed by atoms with Crippen LogP contribution in [0.2, 0.25) is 0 Å². The molecule has 1 saturated heterocycles. The van der Waals surface area contributed by atoms with Crippen LogP contribution in [0.4, 0.5) is 11.6 Å². The van der Waals surface area contributed by atoms with Crippen molar-refractivity contribution in [2.45, 2.75) is 27.3 Å². The number of rotatable bonds is 5. The zero-order chi connectivity index (χ0) is 17.8. The summed E-state index contributed by atoms with van der Waals surface area (Å²) in [7, 11) is 0. The minimum Gasteiger partial charge on any atom is -0.340 e. The van der Waals surface area contributed by atoms with Crippen molar-refractivity contribution >= 4 is 17.5 Å². The molecule has 1 aromatic heterocycles. The number of imidazole rings is 1. The number of amides is 1. The fourth-order valence-corrected chi connectivity index (χ4v) is 3.39. The Morgan fingerprint density at radius 3 is 2.44 bits per heavy atom. The molecule has 0 radical (unpaired) electrons. The molecule has 6 nitrogen and oxygen atoms in total. The molecule has 1 fully saturated rings. The van der Waals surface area contributed by atoms with Crippen LogP contribution in [0.15, 0.2) is 30.6 Å². The summed E-state index contributed by atoms with van der Waals surface area (Å²) in [4.78, 5) is 21.3. The quantitative estimate of drug-likeness (QED) is 0.906. The van der Waals surface area contributed by atoms with E-state index >= 15 is 0 Å². The second-order valence-electron chi connectivity index (χ2n) is 6.70. The van der Waals surface area contributed by atoms with E-state index < -0.39 is 0 Å². The molecule has 2 aromatic rings. The van der Waals surface area contributed by atoms with Crippen LogP contribution in [0.3, 0.4) is 0 Å². The van der Waals surface area contributed by atoms with Crippen LogP contribution in [0, 0.1) is 13.8 Å². The van der Waals surface area contributed by atoms with Crippen LogP contribution < -0.4 is 10.2 Å². The van der Waals surface area contributed by atoms with Crippen molar-refractivity contribution in [3.05, 3.63) is 41.7 Å². The van der Waals surface area contributed by atoms with E-state index in [2.05, 4.69) is 37.7 Å². The first-order chi connectivity index (χ1) is 12.0. The first-order valence-electron chi connectivity index (χ1n) is 8.91. The number of hydrogen-bond donors (Lipinski definition) is 1. The third-order valence-corrected chi connectivity index (χ3v) is 4.56. The Morgan fingerprint density at radius 2 is 1.80 bits per heavy atom. The molecule has 1 aliphatic rings. The van der Waals surface area contributed by atoms with Gasteiger partial charge in [-0.05, 0) is 44.0 Å². The molecule has 0 spiro atoms. The third-order valence-electron chi connectivity index (χ3n) is 4.56. The fourth-order valence-electron chi connectivity index (χ4n) is 3.39. The van der Waals surface area contributed by atoms with Crippen LogP contribution in [0.1, 0.15) is 18.1 Å². The van der Waals surface area contributed by atoms with E-state index in [0.717, 1.165) is 55.5 Å². The molecule has 1 N–H and O–H groups in total. The molecule has 1 aromatic carbocycles. The first-order valence-corrected chi connectivity index (χ1v) is 8.91. The second-order valence-corrected chi connectivity index (χ2v) is 6.70. The molecular weight excluding hydrogens is 314 g/mol. The van der Waals surface area contributed by atoms with E-state index in [1.54, 1.807) is 0 Å². The molecule has 0 bridgehead atoms. The van der Waals surface area contributed by atoms with Crippen molar-refractivity contribution in [2.75, 3.05) is 42.9 Å². The molecule has 1 aliphatic heterocycles. The van der Waals surface area contributed by atoms with Gasteiger partial charge in [-0.25, -0.2) is 4.98 Å². The van der Waals surface area contributed by atoms with Gasteiger partial charge in [0.15, 0.2) is 0 Å². The largest absolute Gasteiger partial charge is 0.340 e. The highest BCUT2D eigenvalue weighted by atomic mass is 16.2. The number of aryl methyl sites for hydroxylation is 3. The van der Waals surface area contributed by atoms with E-state index in [9.17, 15) is 4.79 Å². The molecule has 2 heterocycles. The molecule has 25 heavy (non-hydrogen) atoms. The van der Waals surface area contributed by atoms with Crippen molar-refractivity contribution in [1.29, 1.82) is 0 Å². The predicted molar refractivity (Wildman–Crippen MR) is 101 cm³/mol. The third kappa shape index (κ3) is 4.39. The van der Waals surface area contributed by atoms with Gasteiger partial charge in [0.05, 0.1) is 6.54 Å². The maximum Gasteiger partial charge on any atom is 0.238 e. The lowest BCUT2D eigenvalue weighted by Crippen LogP contribution is -2.49. The number of carbonyl (C=O) groups excluding carboxylic acids is 1. The molecule has 0 saturated carbocycles. The Balaban J connectivity index is 1.51. The van der Waals surface area contributed by atoms with Gasteiger partial charge in [-0.15, -0.1) is 0 Å². The van der Waals surface area contributed by atoms with Crippen LogP contribution >= 0.6 is 0 Å². The molecule has 0 atom stereocenters. The van der Waals surface area contributed by atoms with E-state index in [0.29, 0.717) is 6.54 Å². The Hall–Kier alpha value is -2.34. The number of aromatic nitrogens is 2. The van der Waals surface area contributed by atoms with Gasteiger partial charge in [-0.3, -0.25) is 9.69 Å². The summed E-state index contributed by atoms with van der Waals surface area (Å²) < 4.78 is 2.16. The van der Waals surface area contributed by atoms with Crippen LogP contribution in [-0.2, 0) is 11.3 Å². The highest BCUT2D eigenvalue weighted by molar-refractivity contribution is 5.92. The normalized spacial score (nSPS) is 15.4. The fraction of sp³-hybridized carbons (Fsp3) is 0.474. The Labute approximate surface area is 149 Å². The van der Waals surface area contributed by atoms with Crippen molar-refractivity contribution < 1.29 is 4.79 Å². The van der Waals surface area contributed by atoms with Gasteiger partial charge in [0.2, 0.25) is 11.9 Å². The number of nitrogens with zero attached hydrogens (tertiary/aromatic N) is 4. The lowest BCUT2D eigenvalue weighted by Gasteiger charge is -2.35. The van der Waals surface area contributed by atoms with Crippen molar-refractivity contribution in [1.82, 2.24) is 14.5 Å². The maximum absolute atomic E-state index is 12.3. The minimum atomic E-state index is 0.0495. The highest BCUT2D eigenvalue weighted by Crippen LogP contribution is 2.15. The van der Waals surface area contributed by atoms with Gasteiger partial charge in [0, 0.05) is 50.8 Å². The van der Waals surface area contributed by atoms with E-state index in [-0.39, 0.29) is 5.91 Å². The summed E-state index contributed by atoms with van der Waals surface area (Å²) >= 11 is 0. The van der Waals surface area contributed by atoms with E-state index in [1.165, 1.54) is 0 Å². The van der Waals surface area contributed by atoms with Crippen molar-refractivity contribution in [3.63, 3.8) is 0 Å². The number of carbonyl (C=O) groups is 1. The molecule has 0 unspecified atom stereocenters. The van der Waals surface area contributed by atoms with E-state index in [4.69, 9.17) is 0 Å². The van der Waals surface area contributed by atoms with Gasteiger partial charge in [0.25, 0.3) is 0 Å². The van der Waals surface area contributed by atoms with Crippen LogP contribution in [0.25, 0.3) is 0 Å². The lowest BCUT2D eigenvalue weighted by molar-refractivity contribution is -0.117. The molecule has 134 valence electrons. The summed E-state index contributed by atoms with van der Waals surface area (Å²) in [5.74, 6) is 1.08. The van der Waals surface area contributed by atoms with Crippen molar-refractivity contribution in [3.8, 4) is 0 Å². The van der Waals surface area contributed by atoms with Gasteiger partial charge >= 0.3 is 0 Å². The zero-order valence-electron chi connectivity index (χ0n) is 15.3. The summed E-state index contributed by atoms with van der Waals surface area (Å²) in [6, 6.07) is 6.12. The summed E-state index contributed by atoms with van der Waals surface area (Å²) in [6.07, 6.45) is 3.86. The summed E-state index contributed by atoms with van der Waals surface area (Å²) in [5.41, 5.74) is 3.21. The van der Waals surface area contributed by atoms with Gasteiger partial charge in [0.1, 0.15) is 0 Å². The van der Waals surface area contributed by atoms with Crippen molar-refractivity contribution in [2.24, 2.45) is 0 Å².